The van der Waals surface area contributed by atoms with Crippen molar-refractivity contribution in [3.8, 4) is 5.75 Å². The summed E-state index contributed by atoms with van der Waals surface area (Å²) >= 11 is 0. The van der Waals surface area contributed by atoms with Crippen molar-refractivity contribution in [2.24, 2.45) is 5.92 Å². The Morgan fingerprint density at radius 3 is 2.76 bits per heavy atom. The van der Waals surface area contributed by atoms with Gasteiger partial charge in [-0.3, -0.25) is 4.79 Å². The topological polar surface area (TPSA) is 55.8 Å². The van der Waals surface area contributed by atoms with Crippen molar-refractivity contribution in [1.29, 1.82) is 0 Å². The van der Waals surface area contributed by atoms with E-state index in [0.29, 0.717) is 18.6 Å². The van der Waals surface area contributed by atoms with Crippen LogP contribution in [-0.2, 0) is 16.0 Å². The standard InChI is InChI=1S/C17H24O4/c1-5-12(16(19)20-6-2)14(18)13-9-7-8-11-10-17(3,4)21-15(11)13/h7-9,12,14,18H,5-6,10H2,1-4H3. The van der Waals surface area contributed by atoms with E-state index in [1.54, 1.807) is 6.92 Å². The number of aliphatic hydroxyl groups excluding tert-OH is 1. The number of benzene rings is 1. The van der Waals surface area contributed by atoms with Crippen LogP contribution in [0.4, 0.5) is 0 Å². The van der Waals surface area contributed by atoms with E-state index in [0.717, 1.165) is 17.7 Å². The van der Waals surface area contributed by atoms with Gasteiger partial charge in [0.15, 0.2) is 0 Å². The second kappa shape index (κ2) is 6.06. The Morgan fingerprint density at radius 1 is 1.43 bits per heavy atom. The third-order valence-corrected chi connectivity index (χ3v) is 3.85. The summed E-state index contributed by atoms with van der Waals surface area (Å²) in [6.45, 7) is 8.00. The molecule has 116 valence electrons. The summed E-state index contributed by atoms with van der Waals surface area (Å²) in [6.07, 6.45) is 0.421. The van der Waals surface area contributed by atoms with Crippen molar-refractivity contribution in [3.63, 3.8) is 0 Å². The third-order valence-electron chi connectivity index (χ3n) is 3.85. The zero-order chi connectivity index (χ0) is 15.6. The number of hydrogen-bond acceptors (Lipinski definition) is 4. The first kappa shape index (κ1) is 15.8. The minimum absolute atomic E-state index is 0.274. The molecule has 4 heteroatoms. The van der Waals surface area contributed by atoms with Crippen molar-refractivity contribution in [1.82, 2.24) is 0 Å². The summed E-state index contributed by atoms with van der Waals surface area (Å²) < 4.78 is 11.0. The van der Waals surface area contributed by atoms with Crippen LogP contribution in [0.3, 0.4) is 0 Å². The van der Waals surface area contributed by atoms with E-state index in [1.165, 1.54) is 0 Å². The second-order valence-corrected chi connectivity index (χ2v) is 6.09. The highest BCUT2D eigenvalue weighted by Crippen LogP contribution is 2.42. The molecule has 1 aromatic rings. The fraction of sp³-hybridized carbons (Fsp3) is 0.588. The number of para-hydroxylation sites is 1. The summed E-state index contributed by atoms with van der Waals surface area (Å²) in [4.78, 5) is 12.0. The fourth-order valence-corrected chi connectivity index (χ4v) is 2.86. The first-order chi connectivity index (χ1) is 9.89. The Hall–Kier alpha value is -1.55. The summed E-state index contributed by atoms with van der Waals surface area (Å²) in [5.74, 6) is -0.205. The molecule has 1 aliphatic heterocycles. The average Bonchev–Trinajstić information content (AvgIpc) is 2.73. The van der Waals surface area contributed by atoms with Crippen LogP contribution in [0.15, 0.2) is 18.2 Å². The maximum absolute atomic E-state index is 12.0. The van der Waals surface area contributed by atoms with Gasteiger partial charge in [-0.1, -0.05) is 25.1 Å². The Labute approximate surface area is 126 Å². The molecule has 0 amide bonds. The lowest BCUT2D eigenvalue weighted by atomic mass is 9.91. The molecular weight excluding hydrogens is 268 g/mol. The first-order valence-electron chi connectivity index (χ1n) is 7.55. The van der Waals surface area contributed by atoms with Crippen LogP contribution in [-0.4, -0.2) is 23.3 Å². The zero-order valence-electron chi connectivity index (χ0n) is 13.2. The smallest absolute Gasteiger partial charge is 0.311 e. The lowest BCUT2D eigenvalue weighted by molar-refractivity contribution is -0.152. The monoisotopic (exact) mass is 292 g/mol. The van der Waals surface area contributed by atoms with Gasteiger partial charge in [0.2, 0.25) is 0 Å². The molecule has 1 aromatic carbocycles. The maximum atomic E-state index is 12.0. The Kier molecular flexibility index (Phi) is 4.57. The van der Waals surface area contributed by atoms with E-state index in [-0.39, 0.29) is 11.6 Å². The quantitative estimate of drug-likeness (QED) is 0.848. The van der Waals surface area contributed by atoms with Gasteiger partial charge in [0.05, 0.1) is 18.6 Å². The van der Waals surface area contributed by atoms with Crippen LogP contribution < -0.4 is 4.74 Å². The highest BCUT2D eigenvalue weighted by atomic mass is 16.5. The molecule has 0 aliphatic carbocycles. The summed E-state index contributed by atoms with van der Waals surface area (Å²) in [6, 6.07) is 5.73. The molecule has 4 nitrogen and oxygen atoms in total. The molecular formula is C17H24O4. The van der Waals surface area contributed by atoms with Crippen molar-refractivity contribution in [3.05, 3.63) is 29.3 Å². The summed E-state index contributed by atoms with van der Waals surface area (Å²) in [7, 11) is 0. The molecule has 0 saturated carbocycles. The Bertz CT molecular complexity index is 522. The van der Waals surface area contributed by atoms with Gasteiger partial charge in [-0.25, -0.2) is 0 Å². The number of hydrogen-bond donors (Lipinski definition) is 1. The first-order valence-corrected chi connectivity index (χ1v) is 7.55. The molecule has 0 saturated heterocycles. The molecule has 0 bridgehead atoms. The van der Waals surface area contributed by atoms with Gasteiger partial charge in [-0.2, -0.15) is 0 Å². The van der Waals surface area contributed by atoms with E-state index in [1.807, 2.05) is 39.0 Å². The van der Waals surface area contributed by atoms with E-state index < -0.39 is 12.0 Å². The van der Waals surface area contributed by atoms with E-state index in [2.05, 4.69) is 0 Å². The Morgan fingerprint density at radius 2 is 2.14 bits per heavy atom. The highest BCUT2D eigenvalue weighted by Gasteiger charge is 2.36. The van der Waals surface area contributed by atoms with Gasteiger partial charge >= 0.3 is 5.97 Å². The predicted molar refractivity (Wildman–Crippen MR) is 80.2 cm³/mol. The molecule has 21 heavy (non-hydrogen) atoms. The van der Waals surface area contributed by atoms with E-state index in [4.69, 9.17) is 9.47 Å². The van der Waals surface area contributed by atoms with Gasteiger partial charge in [-0.15, -0.1) is 0 Å². The molecule has 1 heterocycles. The maximum Gasteiger partial charge on any atom is 0.311 e. The number of carbonyl (C=O) groups excluding carboxylic acids is 1. The number of aliphatic hydroxyl groups is 1. The number of rotatable bonds is 5. The number of esters is 1. The van der Waals surface area contributed by atoms with Crippen LogP contribution in [0.25, 0.3) is 0 Å². The largest absolute Gasteiger partial charge is 0.487 e. The van der Waals surface area contributed by atoms with Crippen molar-refractivity contribution >= 4 is 5.97 Å². The molecule has 0 spiro atoms. The van der Waals surface area contributed by atoms with Crippen molar-refractivity contribution in [2.45, 2.75) is 52.2 Å². The molecule has 0 fully saturated rings. The van der Waals surface area contributed by atoms with Crippen LogP contribution in [0.5, 0.6) is 5.75 Å². The predicted octanol–water partition coefficient (Wildman–Crippen LogP) is 3.02. The van der Waals surface area contributed by atoms with E-state index >= 15 is 0 Å². The third kappa shape index (κ3) is 3.21. The molecule has 0 aromatic heterocycles. The second-order valence-electron chi connectivity index (χ2n) is 6.09. The number of fused-ring (bicyclic) bond motifs is 1. The number of carbonyl (C=O) groups is 1. The molecule has 0 radical (unpaired) electrons. The summed E-state index contributed by atoms with van der Waals surface area (Å²) in [5, 5.41) is 10.6. The van der Waals surface area contributed by atoms with Crippen LogP contribution in [0.2, 0.25) is 0 Å². The number of ether oxygens (including phenoxy) is 2. The molecule has 1 N–H and O–H groups in total. The summed E-state index contributed by atoms with van der Waals surface area (Å²) in [5.41, 5.74) is 1.48. The normalized spacial score (nSPS) is 18.5. The fourth-order valence-electron chi connectivity index (χ4n) is 2.86. The average molecular weight is 292 g/mol. The van der Waals surface area contributed by atoms with Crippen LogP contribution in [0, 0.1) is 5.92 Å². The minimum Gasteiger partial charge on any atom is -0.487 e. The molecule has 1 aliphatic rings. The van der Waals surface area contributed by atoms with Gasteiger partial charge in [0.25, 0.3) is 0 Å². The Balaban J connectivity index is 2.30. The SMILES string of the molecule is CCOC(=O)C(CC)C(O)c1cccc2c1OC(C)(C)C2. The van der Waals surface area contributed by atoms with E-state index in [9.17, 15) is 9.90 Å². The van der Waals surface area contributed by atoms with Crippen molar-refractivity contribution < 1.29 is 19.4 Å². The molecule has 2 rings (SSSR count). The van der Waals surface area contributed by atoms with Gasteiger partial charge < -0.3 is 14.6 Å². The molecule has 2 unspecified atom stereocenters. The van der Waals surface area contributed by atoms with Crippen molar-refractivity contribution in [2.75, 3.05) is 6.61 Å². The van der Waals surface area contributed by atoms with Gasteiger partial charge in [0.1, 0.15) is 11.4 Å². The van der Waals surface area contributed by atoms with Crippen LogP contribution >= 0.6 is 0 Å². The highest BCUT2D eigenvalue weighted by molar-refractivity contribution is 5.73. The van der Waals surface area contributed by atoms with Crippen LogP contribution in [0.1, 0.15) is 51.3 Å². The minimum atomic E-state index is -0.905. The van der Waals surface area contributed by atoms with Gasteiger partial charge in [0, 0.05) is 12.0 Å². The zero-order valence-corrected chi connectivity index (χ0v) is 13.2. The lowest BCUT2D eigenvalue weighted by Crippen LogP contribution is -2.26. The lowest BCUT2D eigenvalue weighted by Gasteiger charge is -2.23. The molecule has 2 atom stereocenters. The van der Waals surface area contributed by atoms with Gasteiger partial charge in [-0.05, 0) is 32.8 Å².